The van der Waals surface area contributed by atoms with Crippen LogP contribution in [0.4, 0.5) is 11.4 Å². The summed E-state index contributed by atoms with van der Waals surface area (Å²) in [6.07, 6.45) is 0.872. The molecular weight excluding hydrogens is 358 g/mol. The first-order chi connectivity index (χ1) is 13.2. The number of fused-ring (bicyclic) bond motifs is 2. The van der Waals surface area contributed by atoms with Crippen molar-refractivity contribution in [1.82, 2.24) is 0 Å². The molecule has 0 N–H and O–H groups in total. The van der Waals surface area contributed by atoms with E-state index in [-0.39, 0.29) is 0 Å². The molecule has 0 amide bonds. The van der Waals surface area contributed by atoms with Crippen molar-refractivity contribution in [3.05, 3.63) is 71.8 Å². The third kappa shape index (κ3) is 3.15. The smallest absolute Gasteiger partial charge is 0.155 e. The maximum atomic E-state index is 11.8. The molecule has 0 unspecified atom stereocenters. The number of anilines is 2. The minimum Gasteiger partial charge on any atom is -0.497 e. The Kier molecular flexibility index (Phi) is 4.77. The van der Waals surface area contributed by atoms with E-state index < -0.39 is 0 Å². The number of hydrogen-bond donors (Lipinski definition) is 0. The van der Waals surface area contributed by atoms with Gasteiger partial charge in [-0.2, -0.15) is 0 Å². The molecule has 3 aromatic carbocycles. The van der Waals surface area contributed by atoms with Gasteiger partial charge in [-0.15, -0.1) is 0 Å². The van der Waals surface area contributed by atoms with Gasteiger partial charge in [0, 0.05) is 11.4 Å². The largest absolute Gasteiger partial charge is 0.497 e. The maximum absolute atomic E-state index is 11.8. The predicted octanol–water partition coefficient (Wildman–Crippen LogP) is 5.32. The third-order valence-corrected chi connectivity index (χ3v) is 5.80. The number of carbonyl (C=O) groups excluding carboxylic acids is 1. The Balaban J connectivity index is 1.89. The lowest BCUT2D eigenvalue weighted by Gasteiger charge is -2.34. The first-order valence-corrected chi connectivity index (χ1v) is 9.40. The van der Waals surface area contributed by atoms with Crippen LogP contribution in [0.25, 0.3) is 0 Å². The summed E-state index contributed by atoms with van der Waals surface area (Å²) in [6, 6.07) is 20.2. The Morgan fingerprint density at radius 3 is 2.44 bits per heavy atom. The van der Waals surface area contributed by atoms with Crippen LogP contribution in [0.2, 0.25) is 0 Å². The fraction of sp³-hybridized carbons (Fsp3) is 0.136. The molecule has 0 spiro atoms. The molecule has 0 saturated heterocycles. The topological polar surface area (TPSA) is 38.8 Å². The summed E-state index contributed by atoms with van der Waals surface area (Å²) in [5, 5.41) is 0. The number of methoxy groups -OCH3 is 2. The van der Waals surface area contributed by atoms with Crippen molar-refractivity contribution >= 4 is 29.4 Å². The summed E-state index contributed by atoms with van der Waals surface area (Å²) >= 11 is 1.57. The summed E-state index contributed by atoms with van der Waals surface area (Å²) < 4.78 is 10.8. The second-order valence-corrected chi connectivity index (χ2v) is 7.21. The van der Waals surface area contributed by atoms with Gasteiger partial charge in [0.25, 0.3) is 0 Å². The molecular formula is C22H19NO3S. The SMILES string of the molecule is COc1ccc2c(c1)Sc1c(ccc(OC)c1C=O)N2Cc1ccccc1. The van der Waals surface area contributed by atoms with Crippen LogP contribution in [-0.4, -0.2) is 20.5 Å². The lowest BCUT2D eigenvalue weighted by atomic mass is 10.1. The first kappa shape index (κ1) is 17.5. The average molecular weight is 377 g/mol. The number of nitrogens with zero attached hydrogens (tertiary/aromatic N) is 1. The molecule has 0 saturated carbocycles. The van der Waals surface area contributed by atoms with Crippen molar-refractivity contribution in [3.63, 3.8) is 0 Å². The van der Waals surface area contributed by atoms with Crippen LogP contribution in [0.3, 0.4) is 0 Å². The van der Waals surface area contributed by atoms with Crippen LogP contribution >= 0.6 is 11.8 Å². The van der Waals surface area contributed by atoms with E-state index in [4.69, 9.17) is 9.47 Å². The number of carbonyl (C=O) groups is 1. The quantitative estimate of drug-likeness (QED) is 0.563. The minimum absolute atomic E-state index is 0.575. The van der Waals surface area contributed by atoms with Gasteiger partial charge in [0.05, 0.1) is 36.1 Å². The number of rotatable bonds is 5. The van der Waals surface area contributed by atoms with Gasteiger partial charge in [-0.25, -0.2) is 0 Å². The lowest BCUT2D eigenvalue weighted by molar-refractivity contribution is 0.111. The molecule has 0 bridgehead atoms. The molecule has 0 aliphatic carbocycles. The van der Waals surface area contributed by atoms with Gasteiger partial charge in [0.1, 0.15) is 11.5 Å². The van der Waals surface area contributed by atoms with Crippen LogP contribution in [-0.2, 0) is 6.54 Å². The van der Waals surface area contributed by atoms with E-state index in [9.17, 15) is 4.79 Å². The maximum Gasteiger partial charge on any atom is 0.155 e. The van der Waals surface area contributed by atoms with Crippen LogP contribution in [0, 0.1) is 0 Å². The zero-order valence-corrected chi connectivity index (χ0v) is 16.0. The molecule has 27 heavy (non-hydrogen) atoms. The Bertz CT molecular complexity index is 988. The first-order valence-electron chi connectivity index (χ1n) is 8.58. The van der Waals surface area contributed by atoms with Crippen molar-refractivity contribution in [2.75, 3.05) is 19.1 Å². The molecule has 136 valence electrons. The van der Waals surface area contributed by atoms with Crippen molar-refractivity contribution in [2.24, 2.45) is 0 Å². The van der Waals surface area contributed by atoms with E-state index in [1.54, 1.807) is 26.0 Å². The van der Waals surface area contributed by atoms with Crippen LogP contribution in [0.1, 0.15) is 15.9 Å². The molecule has 1 heterocycles. The number of aldehydes is 1. The van der Waals surface area contributed by atoms with Crippen LogP contribution in [0.15, 0.2) is 70.5 Å². The van der Waals surface area contributed by atoms with Gasteiger partial charge in [-0.1, -0.05) is 42.1 Å². The molecule has 4 nitrogen and oxygen atoms in total. The highest BCUT2D eigenvalue weighted by Gasteiger charge is 2.27. The van der Waals surface area contributed by atoms with E-state index in [0.717, 1.165) is 33.2 Å². The van der Waals surface area contributed by atoms with E-state index >= 15 is 0 Å². The zero-order chi connectivity index (χ0) is 18.8. The third-order valence-electron chi connectivity index (χ3n) is 4.62. The van der Waals surface area contributed by atoms with Gasteiger partial charge in [0.2, 0.25) is 0 Å². The van der Waals surface area contributed by atoms with Crippen LogP contribution in [0.5, 0.6) is 11.5 Å². The summed E-state index contributed by atoms with van der Waals surface area (Å²) in [6.45, 7) is 0.707. The molecule has 5 heteroatoms. The van der Waals surface area contributed by atoms with Crippen molar-refractivity contribution in [2.45, 2.75) is 16.3 Å². The molecule has 0 atom stereocenters. The molecule has 0 fully saturated rings. The molecule has 1 aliphatic rings. The number of ether oxygens (including phenoxy) is 2. The van der Waals surface area contributed by atoms with Crippen molar-refractivity contribution in [3.8, 4) is 11.5 Å². The summed E-state index contributed by atoms with van der Waals surface area (Å²) in [5.41, 5.74) is 3.87. The Labute approximate surface area is 162 Å². The predicted molar refractivity (Wildman–Crippen MR) is 108 cm³/mol. The molecule has 0 aromatic heterocycles. The monoisotopic (exact) mass is 377 g/mol. The minimum atomic E-state index is 0.575. The average Bonchev–Trinajstić information content (AvgIpc) is 2.72. The van der Waals surface area contributed by atoms with Gasteiger partial charge < -0.3 is 14.4 Å². The highest BCUT2D eigenvalue weighted by atomic mass is 32.2. The second kappa shape index (κ2) is 7.37. The lowest BCUT2D eigenvalue weighted by Crippen LogP contribution is -2.21. The highest BCUT2D eigenvalue weighted by molar-refractivity contribution is 7.99. The van der Waals surface area contributed by atoms with Crippen molar-refractivity contribution < 1.29 is 14.3 Å². The van der Waals surface area contributed by atoms with Gasteiger partial charge in [-0.3, -0.25) is 4.79 Å². The second-order valence-electron chi connectivity index (χ2n) is 6.16. The van der Waals surface area contributed by atoms with E-state index in [1.807, 2.05) is 42.5 Å². The standard InChI is InChI=1S/C22H19NO3S/c1-25-16-8-9-18-21(12-16)27-22-17(14-24)20(26-2)11-10-19(22)23(18)13-15-6-4-3-5-7-15/h3-12,14H,13H2,1-2H3. The normalized spacial score (nSPS) is 12.1. The molecule has 0 radical (unpaired) electrons. The van der Waals surface area contributed by atoms with Gasteiger partial charge in [0.15, 0.2) is 6.29 Å². The summed E-state index contributed by atoms with van der Waals surface area (Å²) in [4.78, 5) is 16.0. The number of benzene rings is 3. The highest BCUT2D eigenvalue weighted by Crippen LogP contribution is 2.52. The van der Waals surface area contributed by atoms with Crippen molar-refractivity contribution in [1.29, 1.82) is 0 Å². The van der Waals surface area contributed by atoms with E-state index in [1.165, 1.54) is 5.56 Å². The molecule has 4 rings (SSSR count). The van der Waals surface area contributed by atoms with E-state index in [0.29, 0.717) is 17.9 Å². The number of hydrogen-bond acceptors (Lipinski definition) is 5. The fourth-order valence-electron chi connectivity index (χ4n) is 3.28. The Hall–Kier alpha value is -2.92. The van der Waals surface area contributed by atoms with Gasteiger partial charge >= 0.3 is 0 Å². The van der Waals surface area contributed by atoms with Gasteiger partial charge in [-0.05, 0) is 35.9 Å². The Morgan fingerprint density at radius 1 is 0.963 bits per heavy atom. The fourth-order valence-corrected chi connectivity index (χ4v) is 4.50. The molecule has 1 aliphatic heterocycles. The summed E-state index contributed by atoms with van der Waals surface area (Å²) in [5.74, 6) is 1.38. The summed E-state index contributed by atoms with van der Waals surface area (Å²) in [7, 11) is 3.24. The zero-order valence-electron chi connectivity index (χ0n) is 15.1. The van der Waals surface area contributed by atoms with E-state index in [2.05, 4.69) is 23.1 Å². The molecule has 3 aromatic rings. The van der Waals surface area contributed by atoms with Crippen LogP contribution < -0.4 is 14.4 Å². The Morgan fingerprint density at radius 2 is 1.74 bits per heavy atom.